The second-order valence-corrected chi connectivity index (χ2v) is 4.32. The molecule has 0 amide bonds. The summed E-state index contributed by atoms with van der Waals surface area (Å²) in [6, 6.07) is 17.3. The van der Waals surface area contributed by atoms with Crippen LogP contribution in [-0.4, -0.2) is 5.78 Å². The van der Waals surface area contributed by atoms with Gasteiger partial charge in [-0.25, -0.2) is 0 Å². The molecule has 0 N–H and O–H groups in total. The van der Waals surface area contributed by atoms with Crippen LogP contribution >= 0.6 is 0 Å². The molecular formula is C18H22O2. The highest BCUT2D eigenvalue weighted by molar-refractivity contribution is 5.83. The molecule has 20 heavy (non-hydrogen) atoms. The quantitative estimate of drug-likeness (QED) is 0.763. The zero-order valence-electron chi connectivity index (χ0n) is 12.6. The topological polar surface area (TPSA) is 26.3 Å². The zero-order valence-corrected chi connectivity index (χ0v) is 12.6. The van der Waals surface area contributed by atoms with Crippen LogP contribution in [0.4, 0.5) is 0 Å². The molecule has 2 heteroatoms. The van der Waals surface area contributed by atoms with Gasteiger partial charge in [-0.15, -0.1) is 0 Å². The van der Waals surface area contributed by atoms with Crippen molar-refractivity contribution in [1.82, 2.24) is 0 Å². The van der Waals surface area contributed by atoms with Crippen molar-refractivity contribution >= 4 is 5.78 Å². The van der Waals surface area contributed by atoms with E-state index in [9.17, 15) is 4.79 Å². The molecule has 2 rings (SSSR count). The number of ketones is 1. The highest BCUT2D eigenvalue weighted by atomic mass is 16.5. The van der Waals surface area contributed by atoms with E-state index in [1.54, 1.807) is 6.92 Å². The molecule has 0 aliphatic carbocycles. The Balaban J connectivity index is 0.000000956. The molecule has 0 saturated heterocycles. The van der Waals surface area contributed by atoms with Crippen LogP contribution in [0.2, 0.25) is 0 Å². The fraction of sp³-hybridized carbons (Fsp3) is 0.278. The van der Waals surface area contributed by atoms with E-state index in [0.29, 0.717) is 0 Å². The molecule has 0 bridgehead atoms. The molecule has 2 nitrogen and oxygen atoms in total. The Morgan fingerprint density at radius 1 is 0.950 bits per heavy atom. The first-order valence-corrected chi connectivity index (χ1v) is 7.00. The fourth-order valence-corrected chi connectivity index (χ4v) is 1.71. The molecule has 0 heterocycles. The Kier molecular flexibility index (Phi) is 6.51. The van der Waals surface area contributed by atoms with Gasteiger partial charge < -0.3 is 4.74 Å². The van der Waals surface area contributed by atoms with E-state index in [1.807, 2.05) is 75.4 Å². The Bertz CT molecular complexity index is 532. The van der Waals surface area contributed by atoms with Crippen LogP contribution in [0.25, 0.3) is 0 Å². The van der Waals surface area contributed by atoms with Crippen molar-refractivity contribution in [1.29, 1.82) is 0 Å². The van der Waals surface area contributed by atoms with E-state index < -0.39 is 0 Å². The van der Waals surface area contributed by atoms with Crippen LogP contribution in [0.1, 0.15) is 39.2 Å². The largest absolute Gasteiger partial charge is 0.457 e. The molecule has 106 valence electrons. The monoisotopic (exact) mass is 270 g/mol. The van der Waals surface area contributed by atoms with Crippen LogP contribution in [0.15, 0.2) is 54.6 Å². The first-order chi connectivity index (χ1) is 9.66. The molecule has 0 spiro atoms. The van der Waals surface area contributed by atoms with Gasteiger partial charge in [0.2, 0.25) is 0 Å². The van der Waals surface area contributed by atoms with Crippen LogP contribution in [0.5, 0.6) is 11.5 Å². The average molecular weight is 270 g/mol. The summed E-state index contributed by atoms with van der Waals surface area (Å²) in [5, 5.41) is 0. The van der Waals surface area contributed by atoms with Gasteiger partial charge in [0.25, 0.3) is 0 Å². The van der Waals surface area contributed by atoms with E-state index in [4.69, 9.17) is 4.74 Å². The molecule has 0 fully saturated rings. The summed E-state index contributed by atoms with van der Waals surface area (Å²) in [6.07, 6.45) is 0. The van der Waals surface area contributed by atoms with Gasteiger partial charge in [0.1, 0.15) is 17.3 Å². The molecule has 2 aromatic carbocycles. The summed E-state index contributed by atoms with van der Waals surface area (Å²) >= 11 is 0. The van der Waals surface area contributed by atoms with Crippen LogP contribution in [-0.2, 0) is 4.79 Å². The van der Waals surface area contributed by atoms with E-state index in [1.165, 1.54) is 0 Å². The highest BCUT2D eigenvalue weighted by Crippen LogP contribution is 2.25. The van der Waals surface area contributed by atoms with Crippen molar-refractivity contribution in [3.05, 3.63) is 60.2 Å². The van der Waals surface area contributed by atoms with Crippen molar-refractivity contribution in [2.45, 2.75) is 33.6 Å². The van der Waals surface area contributed by atoms with E-state index >= 15 is 0 Å². The Hall–Kier alpha value is -2.09. The first-order valence-electron chi connectivity index (χ1n) is 7.00. The summed E-state index contributed by atoms with van der Waals surface area (Å²) in [7, 11) is 0. The lowest BCUT2D eigenvalue weighted by Crippen LogP contribution is -2.03. The minimum absolute atomic E-state index is 0.0932. The molecule has 2 aromatic rings. The molecule has 1 atom stereocenters. The number of hydrogen-bond donors (Lipinski definition) is 0. The summed E-state index contributed by atoms with van der Waals surface area (Å²) in [4.78, 5) is 11.4. The average Bonchev–Trinajstić information content (AvgIpc) is 2.50. The van der Waals surface area contributed by atoms with Gasteiger partial charge in [0, 0.05) is 5.92 Å². The minimum Gasteiger partial charge on any atom is -0.457 e. The van der Waals surface area contributed by atoms with Gasteiger partial charge >= 0.3 is 0 Å². The molecule has 1 unspecified atom stereocenters. The standard InChI is InChI=1S/C16H16O2.C2H6/c1-12(13(2)17)14-7-6-10-16(11-14)18-15-8-4-3-5-9-15;1-2/h3-12H,1-2H3;1-2H3. The third-order valence-electron chi connectivity index (χ3n) is 2.95. The van der Waals surface area contributed by atoms with Crippen molar-refractivity contribution in [3.63, 3.8) is 0 Å². The second kappa shape index (κ2) is 8.16. The van der Waals surface area contributed by atoms with Crippen LogP contribution in [0.3, 0.4) is 0 Å². The predicted octanol–water partition coefficient (Wildman–Crippen LogP) is 5.20. The minimum atomic E-state index is -0.0932. The van der Waals surface area contributed by atoms with Crippen LogP contribution in [0, 0.1) is 0 Å². The molecule has 0 saturated carbocycles. The summed E-state index contributed by atoms with van der Waals surface area (Å²) in [5.74, 6) is 1.62. The normalized spacial score (nSPS) is 11.0. The van der Waals surface area contributed by atoms with Gasteiger partial charge in [-0.1, -0.05) is 51.1 Å². The molecule has 0 aliphatic rings. The maximum atomic E-state index is 11.4. The number of hydrogen-bond acceptors (Lipinski definition) is 2. The SMILES string of the molecule is CC.CC(=O)C(C)c1cccc(Oc2ccccc2)c1. The third kappa shape index (κ3) is 4.54. The van der Waals surface area contributed by atoms with Gasteiger partial charge in [-0.3, -0.25) is 4.79 Å². The number of carbonyl (C=O) groups is 1. The second-order valence-electron chi connectivity index (χ2n) is 4.32. The third-order valence-corrected chi connectivity index (χ3v) is 2.95. The van der Waals surface area contributed by atoms with Gasteiger partial charge in [0.05, 0.1) is 0 Å². The lowest BCUT2D eigenvalue weighted by atomic mass is 9.97. The molecule has 0 aliphatic heterocycles. The van der Waals surface area contributed by atoms with E-state index in [-0.39, 0.29) is 11.7 Å². The number of para-hydroxylation sites is 1. The summed E-state index contributed by atoms with van der Waals surface area (Å²) in [5.41, 5.74) is 0.982. The Labute approximate surface area is 121 Å². The fourth-order valence-electron chi connectivity index (χ4n) is 1.71. The predicted molar refractivity (Wildman–Crippen MR) is 83.4 cm³/mol. The number of ether oxygens (including phenoxy) is 1. The first kappa shape index (κ1) is 16.0. The van der Waals surface area contributed by atoms with Crippen molar-refractivity contribution in [2.24, 2.45) is 0 Å². The van der Waals surface area contributed by atoms with Gasteiger partial charge in [-0.2, -0.15) is 0 Å². The number of Topliss-reactive ketones (excluding diaryl/α,β-unsaturated/α-hetero) is 1. The van der Waals surface area contributed by atoms with Gasteiger partial charge in [0.15, 0.2) is 0 Å². The van der Waals surface area contributed by atoms with Gasteiger partial charge in [-0.05, 0) is 36.8 Å². The Morgan fingerprint density at radius 2 is 1.55 bits per heavy atom. The van der Waals surface area contributed by atoms with Crippen molar-refractivity contribution < 1.29 is 9.53 Å². The lowest BCUT2D eigenvalue weighted by Gasteiger charge is -2.10. The maximum absolute atomic E-state index is 11.4. The number of rotatable bonds is 4. The van der Waals surface area contributed by atoms with E-state index in [0.717, 1.165) is 17.1 Å². The summed E-state index contributed by atoms with van der Waals surface area (Å²) in [6.45, 7) is 7.51. The molecule has 0 radical (unpaired) electrons. The zero-order chi connectivity index (χ0) is 15.0. The lowest BCUT2D eigenvalue weighted by molar-refractivity contribution is -0.118. The smallest absolute Gasteiger partial charge is 0.136 e. The van der Waals surface area contributed by atoms with Crippen LogP contribution < -0.4 is 4.74 Å². The highest BCUT2D eigenvalue weighted by Gasteiger charge is 2.11. The van der Waals surface area contributed by atoms with Crippen molar-refractivity contribution in [3.8, 4) is 11.5 Å². The number of carbonyl (C=O) groups excluding carboxylic acids is 1. The Morgan fingerprint density at radius 3 is 2.15 bits per heavy atom. The maximum Gasteiger partial charge on any atom is 0.136 e. The summed E-state index contributed by atoms with van der Waals surface area (Å²) < 4.78 is 5.74. The molecule has 0 aromatic heterocycles. The number of benzene rings is 2. The van der Waals surface area contributed by atoms with Crippen molar-refractivity contribution in [2.75, 3.05) is 0 Å². The van der Waals surface area contributed by atoms with E-state index in [2.05, 4.69) is 0 Å². The molecular weight excluding hydrogens is 248 g/mol.